The molecule has 0 radical (unpaired) electrons. The third-order valence-corrected chi connectivity index (χ3v) is 2.42. The van der Waals surface area contributed by atoms with Gasteiger partial charge in [-0.2, -0.15) is 0 Å². The van der Waals surface area contributed by atoms with E-state index >= 15 is 0 Å². The highest BCUT2D eigenvalue weighted by atomic mass is 16.5. The Hall–Kier alpha value is -0.690. The van der Waals surface area contributed by atoms with Gasteiger partial charge in [0.25, 0.3) is 0 Å². The molecule has 2 atom stereocenters. The number of rotatable bonds is 5. The minimum Gasteiger partial charge on any atom is -0.480 e. The van der Waals surface area contributed by atoms with Crippen LogP contribution in [0, 0.1) is 0 Å². The van der Waals surface area contributed by atoms with Crippen LogP contribution in [0.1, 0.15) is 0 Å². The van der Waals surface area contributed by atoms with E-state index in [1.807, 2.05) is 0 Å². The molecule has 1 aliphatic rings. The first kappa shape index (κ1) is 12.4. The number of methoxy groups -OCH3 is 1. The molecule has 0 spiro atoms. The van der Waals surface area contributed by atoms with Gasteiger partial charge in [0.05, 0.1) is 25.9 Å². The van der Waals surface area contributed by atoms with Gasteiger partial charge in [-0.05, 0) is 0 Å². The lowest BCUT2D eigenvalue weighted by Crippen LogP contribution is -2.53. The zero-order valence-electron chi connectivity index (χ0n) is 8.76. The van der Waals surface area contributed by atoms with Crippen LogP contribution in [0.25, 0.3) is 0 Å². The summed E-state index contributed by atoms with van der Waals surface area (Å²) in [6, 6.07) is -0.659. The average molecular weight is 219 g/mol. The van der Waals surface area contributed by atoms with Gasteiger partial charge >= 0.3 is 5.97 Å². The van der Waals surface area contributed by atoms with Gasteiger partial charge < -0.3 is 19.7 Å². The number of carboxylic acid groups (broad SMARTS) is 1. The summed E-state index contributed by atoms with van der Waals surface area (Å²) in [6.07, 6.45) is -0.294. The van der Waals surface area contributed by atoms with E-state index < -0.39 is 12.0 Å². The van der Waals surface area contributed by atoms with E-state index in [1.54, 1.807) is 4.90 Å². The third kappa shape index (κ3) is 3.42. The van der Waals surface area contributed by atoms with Crippen LogP contribution in [0.3, 0.4) is 0 Å². The number of aliphatic hydroxyl groups is 1. The van der Waals surface area contributed by atoms with Gasteiger partial charge in [-0.1, -0.05) is 0 Å². The van der Waals surface area contributed by atoms with Gasteiger partial charge in [-0.25, -0.2) is 0 Å². The zero-order chi connectivity index (χ0) is 11.3. The molecule has 0 amide bonds. The Bertz CT molecular complexity index is 211. The maximum atomic E-state index is 11.0. The van der Waals surface area contributed by atoms with Gasteiger partial charge in [-0.15, -0.1) is 0 Å². The Balaban J connectivity index is 2.54. The van der Waals surface area contributed by atoms with E-state index in [-0.39, 0.29) is 19.3 Å². The van der Waals surface area contributed by atoms with Crippen LogP contribution in [-0.2, 0) is 14.3 Å². The first-order valence-electron chi connectivity index (χ1n) is 4.87. The molecule has 0 saturated carbocycles. The number of morpholine rings is 1. The molecular weight excluding hydrogens is 202 g/mol. The fourth-order valence-electron chi connectivity index (χ4n) is 1.63. The summed E-state index contributed by atoms with van der Waals surface area (Å²) in [7, 11) is 1.47. The van der Waals surface area contributed by atoms with Crippen molar-refractivity contribution in [3.63, 3.8) is 0 Å². The van der Waals surface area contributed by atoms with Crippen molar-refractivity contribution in [2.75, 3.05) is 40.0 Å². The van der Waals surface area contributed by atoms with Crippen molar-refractivity contribution in [3.8, 4) is 0 Å². The fraction of sp³-hybridized carbons (Fsp3) is 0.889. The summed E-state index contributed by atoms with van der Waals surface area (Å²) in [5, 5.41) is 17.9. The fourth-order valence-corrected chi connectivity index (χ4v) is 1.63. The molecule has 0 aromatic carbocycles. The van der Waals surface area contributed by atoms with Gasteiger partial charge in [0, 0.05) is 20.2 Å². The number of carbonyl (C=O) groups is 1. The predicted molar refractivity (Wildman–Crippen MR) is 51.7 cm³/mol. The smallest absolute Gasteiger partial charge is 0.323 e. The standard InChI is InChI=1S/C9H17NO5/c1-14-6-8(9(12)13)10-2-3-15-7(4-10)5-11/h7-8,11H,2-6H2,1H3,(H,12,13). The molecule has 0 aromatic rings. The highest BCUT2D eigenvalue weighted by Gasteiger charge is 2.30. The van der Waals surface area contributed by atoms with Crippen molar-refractivity contribution in [1.82, 2.24) is 4.90 Å². The lowest BCUT2D eigenvalue weighted by atomic mass is 10.2. The maximum Gasteiger partial charge on any atom is 0.323 e. The molecule has 0 aliphatic carbocycles. The number of hydrogen-bond donors (Lipinski definition) is 2. The van der Waals surface area contributed by atoms with Crippen LogP contribution in [0.2, 0.25) is 0 Å². The quantitative estimate of drug-likeness (QED) is 0.603. The number of ether oxygens (including phenoxy) is 2. The summed E-state index contributed by atoms with van der Waals surface area (Å²) >= 11 is 0. The molecule has 1 aliphatic heterocycles. The summed E-state index contributed by atoms with van der Waals surface area (Å²) in [4.78, 5) is 12.7. The normalized spacial score (nSPS) is 25.1. The Labute approximate surface area is 88.4 Å². The third-order valence-electron chi connectivity index (χ3n) is 2.42. The van der Waals surface area contributed by atoms with Crippen LogP contribution >= 0.6 is 0 Å². The number of carboxylic acids is 1. The molecular formula is C9H17NO5. The molecule has 2 N–H and O–H groups in total. The molecule has 1 fully saturated rings. The molecule has 1 heterocycles. The second-order valence-corrected chi connectivity index (χ2v) is 3.48. The molecule has 6 nitrogen and oxygen atoms in total. The van der Waals surface area contributed by atoms with Crippen molar-refractivity contribution in [2.24, 2.45) is 0 Å². The van der Waals surface area contributed by atoms with E-state index in [0.717, 1.165) is 0 Å². The summed E-state index contributed by atoms with van der Waals surface area (Å²) in [6.45, 7) is 1.48. The summed E-state index contributed by atoms with van der Waals surface area (Å²) in [5.74, 6) is -0.907. The van der Waals surface area contributed by atoms with Crippen molar-refractivity contribution >= 4 is 5.97 Å². The van der Waals surface area contributed by atoms with Crippen LogP contribution in [0.4, 0.5) is 0 Å². The Morgan fingerprint density at radius 1 is 1.73 bits per heavy atom. The van der Waals surface area contributed by atoms with Gasteiger partial charge in [0.1, 0.15) is 6.04 Å². The maximum absolute atomic E-state index is 11.0. The van der Waals surface area contributed by atoms with Crippen molar-refractivity contribution in [2.45, 2.75) is 12.1 Å². The second-order valence-electron chi connectivity index (χ2n) is 3.48. The lowest BCUT2D eigenvalue weighted by molar-refractivity contribution is -0.150. The highest BCUT2D eigenvalue weighted by Crippen LogP contribution is 2.09. The molecule has 2 unspecified atom stereocenters. The average Bonchev–Trinajstić information content (AvgIpc) is 2.25. The summed E-state index contributed by atoms with van der Waals surface area (Å²) in [5.41, 5.74) is 0. The molecule has 0 bridgehead atoms. The largest absolute Gasteiger partial charge is 0.480 e. The van der Waals surface area contributed by atoms with Crippen LogP contribution in [0.15, 0.2) is 0 Å². The van der Waals surface area contributed by atoms with Crippen molar-refractivity contribution in [3.05, 3.63) is 0 Å². The van der Waals surface area contributed by atoms with Gasteiger partial charge in [0.15, 0.2) is 0 Å². The number of nitrogens with zero attached hydrogens (tertiary/aromatic N) is 1. The molecule has 88 valence electrons. The minimum atomic E-state index is -0.907. The zero-order valence-corrected chi connectivity index (χ0v) is 8.76. The number of aliphatic carboxylic acids is 1. The van der Waals surface area contributed by atoms with E-state index in [9.17, 15) is 4.79 Å². The Morgan fingerprint density at radius 3 is 3.00 bits per heavy atom. The Morgan fingerprint density at radius 2 is 2.47 bits per heavy atom. The van der Waals surface area contributed by atoms with E-state index in [1.165, 1.54) is 7.11 Å². The minimum absolute atomic E-state index is 0.0875. The van der Waals surface area contributed by atoms with Crippen LogP contribution < -0.4 is 0 Å². The van der Waals surface area contributed by atoms with E-state index in [4.69, 9.17) is 19.7 Å². The predicted octanol–water partition coefficient (Wildman–Crippen LogP) is -1.22. The first-order valence-corrected chi connectivity index (χ1v) is 4.87. The molecule has 1 rings (SSSR count). The van der Waals surface area contributed by atoms with Crippen LogP contribution in [0.5, 0.6) is 0 Å². The van der Waals surface area contributed by atoms with Crippen molar-refractivity contribution in [1.29, 1.82) is 0 Å². The van der Waals surface area contributed by atoms with E-state index in [0.29, 0.717) is 19.7 Å². The summed E-state index contributed by atoms with van der Waals surface area (Å²) < 4.78 is 10.1. The SMILES string of the molecule is COCC(C(=O)O)N1CCOC(CO)C1. The molecule has 15 heavy (non-hydrogen) atoms. The molecule has 6 heteroatoms. The molecule has 0 aromatic heterocycles. The van der Waals surface area contributed by atoms with E-state index in [2.05, 4.69) is 0 Å². The lowest BCUT2D eigenvalue weighted by Gasteiger charge is -2.35. The topological polar surface area (TPSA) is 79.2 Å². The second kappa shape index (κ2) is 6.02. The van der Waals surface area contributed by atoms with Gasteiger partial charge in [0.2, 0.25) is 0 Å². The van der Waals surface area contributed by atoms with Gasteiger partial charge in [-0.3, -0.25) is 9.69 Å². The number of aliphatic hydroxyl groups excluding tert-OH is 1. The monoisotopic (exact) mass is 219 g/mol. The highest BCUT2D eigenvalue weighted by molar-refractivity contribution is 5.73. The van der Waals surface area contributed by atoms with Crippen molar-refractivity contribution < 1.29 is 24.5 Å². The van der Waals surface area contributed by atoms with Crippen LogP contribution in [-0.4, -0.2) is 73.2 Å². The number of hydrogen-bond acceptors (Lipinski definition) is 5. The Kier molecular flexibility index (Phi) is 4.97. The molecule has 1 saturated heterocycles. The first-order chi connectivity index (χ1) is 7.19.